The summed E-state index contributed by atoms with van der Waals surface area (Å²) in [7, 11) is 1.62. The third kappa shape index (κ3) is 3.77. The van der Waals surface area contributed by atoms with E-state index in [9.17, 15) is 4.79 Å². The van der Waals surface area contributed by atoms with Crippen molar-refractivity contribution in [2.75, 3.05) is 13.7 Å². The van der Waals surface area contributed by atoms with Gasteiger partial charge in [-0.15, -0.1) is 0 Å². The molecule has 3 rings (SSSR count). The van der Waals surface area contributed by atoms with E-state index in [0.29, 0.717) is 13.2 Å². The summed E-state index contributed by atoms with van der Waals surface area (Å²) in [5.41, 5.74) is 0.0409. The smallest absolute Gasteiger partial charge is 0.258 e. The van der Waals surface area contributed by atoms with Crippen molar-refractivity contribution in [3.8, 4) is 11.5 Å². The molecular weight excluding hydrogens is 302 g/mol. The molecule has 0 aliphatic carbocycles. The molecular formula is C20H21NO3. The quantitative estimate of drug-likeness (QED) is 0.620. The highest BCUT2D eigenvalue weighted by Gasteiger charge is 2.04. The number of unbranched alkanes of at least 4 members (excludes halogenated alkanes) is 1. The van der Waals surface area contributed by atoms with Gasteiger partial charge < -0.3 is 14.0 Å². The highest BCUT2D eigenvalue weighted by atomic mass is 16.5. The molecule has 0 N–H and O–H groups in total. The number of aryl methyl sites for hydroxylation is 1. The van der Waals surface area contributed by atoms with Crippen molar-refractivity contribution in [2.24, 2.45) is 0 Å². The lowest BCUT2D eigenvalue weighted by molar-refractivity contribution is 0.303. The van der Waals surface area contributed by atoms with Gasteiger partial charge in [-0.2, -0.15) is 0 Å². The van der Waals surface area contributed by atoms with Crippen LogP contribution in [0.25, 0.3) is 10.8 Å². The SMILES string of the molecule is COc1ccc2c(=O)n(CCCCOc3ccccc3)ccc2c1. The minimum Gasteiger partial charge on any atom is -0.497 e. The summed E-state index contributed by atoms with van der Waals surface area (Å²) in [5.74, 6) is 1.65. The number of fused-ring (bicyclic) bond motifs is 1. The van der Waals surface area contributed by atoms with E-state index in [2.05, 4.69) is 0 Å². The van der Waals surface area contributed by atoms with Crippen molar-refractivity contribution in [1.29, 1.82) is 0 Å². The molecule has 4 heteroatoms. The average molecular weight is 323 g/mol. The van der Waals surface area contributed by atoms with Gasteiger partial charge in [-0.3, -0.25) is 4.79 Å². The molecule has 1 aromatic heterocycles. The molecule has 0 bridgehead atoms. The average Bonchev–Trinajstić information content (AvgIpc) is 2.63. The van der Waals surface area contributed by atoms with Crippen LogP contribution in [0.3, 0.4) is 0 Å². The zero-order chi connectivity index (χ0) is 16.8. The second-order valence-electron chi connectivity index (χ2n) is 5.64. The fraction of sp³-hybridized carbons (Fsp3) is 0.250. The third-order valence-corrected chi connectivity index (χ3v) is 3.99. The molecule has 0 saturated heterocycles. The maximum atomic E-state index is 12.5. The molecule has 24 heavy (non-hydrogen) atoms. The molecule has 0 atom stereocenters. The van der Waals surface area contributed by atoms with E-state index in [1.165, 1.54) is 0 Å². The van der Waals surface area contributed by atoms with Crippen LogP contribution in [0.15, 0.2) is 65.6 Å². The highest BCUT2D eigenvalue weighted by Crippen LogP contribution is 2.17. The Labute approximate surface area is 141 Å². The van der Waals surface area contributed by atoms with Crippen LogP contribution < -0.4 is 15.0 Å². The van der Waals surface area contributed by atoms with Crippen molar-refractivity contribution in [3.63, 3.8) is 0 Å². The Balaban J connectivity index is 1.57. The van der Waals surface area contributed by atoms with Crippen molar-refractivity contribution in [3.05, 3.63) is 71.1 Å². The zero-order valence-electron chi connectivity index (χ0n) is 13.8. The van der Waals surface area contributed by atoms with E-state index in [1.54, 1.807) is 11.7 Å². The molecule has 2 aromatic carbocycles. The predicted molar refractivity (Wildman–Crippen MR) is 95.9 cm³/mol. The van der Waals surface area contributed by atoms with Crippen molar-refractivity contribution >= 4 is 10.8 Å². The Bertz CT molecular complexity index is 856. The summed E-state index contributed by atoms with van der Waals surface area (Å²) in [5, 5.41) is 1.63. The first-order chi connectivity index (χ1) is 11.8. The van der Waals surface area contributed by atoms with Gasteiger partial charge >= 0.3 is 0 Å². The van der Waals surface area contributed by atoms with Crippen molar-refractivity contribution in [1.82, 2.24) is 4.57 Å². The first-order valence-electron chi connectivity index (χ1n) is 8.13. The highest BCUT2D eigenvalue weighted by molar-refractivity contribution is 5.82. The van der Waals surface area contributed by atoms with Crippen LogP contribution in [-0.2, 0) is 6.54 Å². The normalized spacial score (nSPS) is 10.7. The van der Waals surface area contributed by atoms with Crippen LogP contribution in [0.1, 0.15) is 12.8 Å². The molecule has 0 amide bonds. The minimum atomic E-state index is 0.0409. The molecule has 4 nitrogen and oxygen atoms in total. The third-order valence-electron chi connectivity index (χ3n) is 3.99. The Morgan fingerprint density at radius 3 is 2.58 bits per heavy atom. The number of methoxy groups -OCH3 is 1. The summed E-state index contributed by atoms with van der Waals surface area (Å²) in [6, 6.07) is 17.3. The molecule has 0 fully saturated rings. The molecule has 0 saturated carbocycles. The van der Waals surface area contributed by atoms with Crippen molar-refractivity contribution in [2.45, 2.75) is 19.4 Å². The number of nitrogens with zero attached hydrogens (tertiary/aromatic N) is 1. The van der Waals surface area contributed by atoms with E-state index in [1.807, 2.05) is 60.8 Å². The number of hydrogen-bond acceptors (Lipinski definition) is 3. The van der Waals surface area contributed by atoms with Crippen molar-refractivity contribution < 1.29 is 9.47 Å². The number of benzene rings is 2. The molecule has 1 heterocycles. The van der Waals surface area contributed by atoms with E-state index in [0.717, 1.165) is 35.1 Å². The standard InChI is InChI=1S/C20H21NO3/c1-23-18-9-10-19-16(15-18)11-13-21(20(19)22)12-5-6-14-24-17-7-3-2-4-8-17/h2-4,7-11,13,15H,5-6,12,14H2,1H3. The lowest BCUT2D eigenvalue weighted by atomic mass is 10.1. The van der Waals surface area contributed by atoms with Gasteiger partial charge in [0.05, 0.1) is 13.7 Å². The van der Waals surface area contributed by atoms with Crippen LogP contribution in [0.4, 0.5) is 0 Å². The van der Waals surface area contributed by atoms with E-state index >= 15 is 0 Å². The Morgan fingerprint density at radius 2 is 1.79 bits per heavy atom. The molecule has 124 valence electrons. The summed E-state index contributed by atoms with van der Waals surface area (Å²) in [4.78, 5) is 12.5. The maximum absolute atomic E-state index is 12.5. The van der Waals surface area contributed by atoms with Gasteiger partial charge in [-0.25, -0.2) is 0 Å². The lowest BCUT2D eigenvalue weighted by Crippen LogP contribution is -2.19. The minimum absolute atomic E-state index is 0.0409. The first-order valence-corrected chi connectivity index (χ1v) is 8.13. The Kier molecular flexibility index (Phi) is 5.16. The van der Waals surface area contributed by atoms with Gasteiger partial charge in [-0.05, 0) is 54.6 Å². The number of pyridine rings is 1. The molecule has 0 spiro atoms. The second kappa shape index (κ2) is 7.68. The number of ether oxygens (including phenoxy) is 2. The summed E-state index contributed by atoms with van der Waals surface area (Å²) in [6.07, 6.45) is 3.65. The van der Waals surface area contributed by atoms with E-state index in [-0.39, 0.29) is 5.56 Å². The maximum Gasteiger partial charge on any atom is 0.258 e. The topological polar surface area (TPSA) is 40.5 Å². The first kappa shape index (κ1) is 16.1. The van der Waals surface area contributed by atoms with Crippen LogP contribution in [0, 0.1) is 0 Å². The molecule has 0 aliphatic heterocycles. The number of hydrogen-bond donors (Lipinski definition) is 0. The van der Waals surface area contributed by atoms with Gasteiger partial charge in [0.25, 0.3) is 5.56 Å². The number of aromatic nitrogens is 1. The van der Waals surface area contributed by atoms with Crippen LogP contribution >= 0.6 is 0 Å². The van der Waals surface area contributed by atoms with Crippen LogP contribution in [-0.4, -0.2) is 18.3 Å². The summed E-state index contributed by atoms with van der Waals surface area (Å²) in [6.45, 7) is 1.35. The molecule has 0 radical (unpaired) electrons. The fourth-order valence-electron chi connectivity index (χ4n) is 2.66. The van der Waals surface area contributed by atoms with Crippen LogP contribution in [0.2, 0.25) is 0 Å². The fourth-order valence-corrected chi connectivity index (χ4v) is 2.66. The van der Waals surface area contributed by atoms with E-state index < -0.39 is 0 Å². The van der Waals surface area contributed by atoms with Gasteiger partial charge in [-0.1, -0.05) is 18.2 Å². The number of para-hydroxylation sites is 1. The molecule has 0 aliphatic rings. The second-order valence-corrected chi connectivity index (χ2v) is 5.64. The van der Waals surface area contributed by atoms with Gasteiger partial charge in [0.2, 0.25) is 0 Å². The largest absolute Gasteiger partial charge is 0.497 e. The van der Waals surface area contributed by atoms with Crippen LogP contribution in [0.5, 0.6) is 11.5 Å². The Morgan fingerprint density at radius 1 is 0.958 bits per heavy atom. The summed E-state index contributed by atoms with van der Waals surface area (Å²) >= 11 is 0. The monoisotopic (exact) mass is 323 g/mol. The Hall–Kier alpha value is -2.75. The van der Waals surface area contributed by atoms with Gasteiger partial charge in [0.1, 0.15) is 11.5 Å². The molecule has 3 aromatic rings. The lowest BCUT2D eigenvalue weighted by Gasteiger charge is -2.09. The predicted octanol–water partition coefficient (Wildman–Crippen LogP) is 3.87. The van der Waals surface area contributed by atoms with E-state index in [4.69, 9.17) is 9.47 Å². The number of rotatable bonds is 7. The molecule has 0 unspecified atom stereocenters. The van der Waals surface area contributed by atoms with Gasteiger partial charge in [0, 0.05) is 18.1 Å². The van der Waals surface area contributed by atoms with Gasteiger partial charge in [0.15, 0.2) is 0 Å². The summed E-state index contributed by atoms with van der Waals surface area (Å²) < 4.78 is 12.6. The zero-order valence-corrected chi connectivity index (χ0v) is 13.8.